The van der Waals surface area contributed by atoms with Crippen molar-refractivity contribution in [1.29, 1.82) is 0 Å². The summed E-state index contributed by atoms with van der Waals surface area (Å²) >= 11 is 0. The highest BCUT2D eigenvalue weighted by Crippen LogP contribution is 2.29. The zero-order chi connectivity index (χ0) is 18.3. The van der Waals surface area contributed by atoms with Gasteiger partial charge in [0.25, 0.3) is 0 Å². The van der Waals surface area contributed by atoms with Gasteiger partial charge in [0.15, 0.2) is 17.2 Å². The Bertz CT molecular complexity index is 1110. The fraction of sp³-hybridized carbons (Fsp3) is 0.222. The Labute approximate surface area is 149 Å². The molecule has 4 rings (SSSR count). The van der Waals surface area contributed by atoms with Crippen LogP contribution in [0.4, 0.5) is 17.3 Å². The van der Waals surface area contributed by atoms with E-state index in [1.165, 1.54) is 0 Å². The number of aromatic nitrogens is 4. The minimum Gasteiger partial charge on any atom is -0.354 e. The van der Waals surface area contributed by atoms with E-state index in [0.717, 1.165) is 22.1 Å². The lowest BCUT2D eigenvalue weighted by Gasteiger charge is -2.16. The highest BCUT2D eigenvalue weighted by atomic mass is 16.5. The van der Waals surface area contributed by atoms with Crippen LogP contribution >= 0.6 is 0 Å². The minimum atomic E-state index is -0.513. The average molecular weight is 350 g/mol. The van der Waals surface area contributed by atoms with Crippen molar-refractivity contribution < 1.29 is 9.32 Å². The van der Waals surface area contributed by atoms with Gasteiger partial charge in [-0.2, -0.15) is 5.10 Å². The van der Waals surface area contributed by atoms with Gasteiger partial charge in [-0.1, -0.05) is 25.9 Å². The molecule has 0 bridgehead atoms. The maximum Gasteiger partial charge on any atom is 0.231 e. The number of hydrogen-bond acceptors (Lipinski definition) is 6. The molecule has 3 N–H and O–H groups in total. The Hall–Kier alpha value is -3.42. The summed E-state index contributed by atoms with van der Waals surface area (Å²) in [6.45, 7) is 5.53. The Balaban J connectivity index is 1.62. The lowest BCUT2D eigenvalue weighted by atomic mass is 9.96. The van der Waals surface area contributed by atoms with E-state index in [0.29, 0.717) is 17.2 Å². The van der Waals surface area contributed by atoms with Gasteiger partial charge in [-0.3, -0.25) is 14.9 Å². The molecule has 0 fully saturated rings. The molecule has 3 heterocycles. The number of rotatable bonds is 3. The molecule has 0 aliphatic carbocycles. The molecule has 3 aromatic heterocycles. The van der Waals surface area contributed by atoms with Gasteiger partial charge in [-0.15, -0.1) is 0 Å². The summed E-state index contributed by atoms with van der Waals surface area (Å²) in [7, 11) is 0. The summed E-state index contributed by atoms with van der Waals surface area (Å²) in [4.78, 5) is 16.5. The predicted octanol–water partition coefficient (Wildman–Crippen LogP) is 3.83. The molecule has 0 aliphatic heterocycles. The number of carbonyl (C=O) groups excluding carboxylic acids is 1. The van der Waals surface area contributed by atoms with Crippen molar-refractivity contribution in [3.8, 4) is 0 Å². The number of aromatic amines is 1. The topological polar surface area (TPSA) is 109 Å². The number of anilines is 3. The average Bonchev–Trinajstić information content (AvgIpc) is 3.19. The lowest BCUT2D eigenvalue weighted by molar-refractivity contribution is -0.123. The standard InChI is InChI=1S/C18H18N6O2/c1-18(2,3)17(25)21-15-11-7-6-10(9-13(11)26-24-15)20-16-14-12(22-23-16)5-4-8-19-14/h4-9H,1-3H3,(H2,20,22,23)(H,21,24,25). The first-order valence-corrected chi connectivity index (χ1v) is 8.19. The fourth-order valence-electron chi connectivity index (χ4n) is 2.48. The first-order chi connectivity index (χ1) is 12.4. The Kier molecular flexibility index (Phi) is 3.61. The minimum absolute atomic E-state index is 0.121. The molecule has 1 amide bonds. The van der Waals surface area contributed by atoms with Crippen molar-refractivity contribution in [2.45, 2.75) is 20.8 Å². The molecular formula is C18H18N6O2. The van der Waals surface area contributed by atoms with Crippen molar-refractivity contribution in [1.82, 2.24) is 20.3 Å². The Morgan fingerprint density at radius 3 is 2.85 bits per heavy atom. The number of hydrogen-bond donors (Lipinski definition) is 3. The van der Waals surface area contributed by atoms with Crippen molar-refractivity contribution in [3.05, 3.63) is 36.5 Å². The van der Waals surface area contributed by atoms with E-state index in [9.17, 15) is 4.79 Å². The van der Waals surface area contributed by atoms with Crippen molar-refractivity contribution in [2.75, 3.05) is 10.6 Å². The highest BCUT2D eigenvalue weighted by molar-refractivity contribution is 6.01. The SMILES string of the molecule is CC(C)(C)C(=O)Nc1noc2cc(Nc3n[nH]c4cccnc34)ccc12. The monoisotopic (exact) mass is 350 g/mol. The number of H-pyrrole nitrogens is 1. The highest BCUT2D eigenvalue weighted by Gasteiger charge is 2.23. The van der Waals surface area contributed by atoms with Gasteiger partial charge in [-0.05, 0) is 24.3 Å². The molecule has 0 saturated carbocycles. The maximum absolute atomic E-state index is 12.2. The van der Waals surface area contributed by atoms with Crippen LogP contribution in [0.2, 0.25) is 0 Å². The number of pyridine rings is 1. The zero-order valence-corrected chi connectivity index (χ0v) is 14.6. The van der Waals surface area contributed by atoms with E-state index in [1.54, 1.807) is 12.3 Å². The van der Waals surface area contributed by atoms with Crippen molar-refractivity contribution >= 4 is 45.2 Å². The Morgan fingerprint density at radius 1 is 1.19 bits per heavy atom. The van der Waals surface area contributed by atoms with E-state index in [-0.39, 0.29) is 5.91 Å². The molecule has 0 atom stereocenters. The molecule has 4 aromatic rings. The van der Waals surface area contributed by atoms with Crippen LogP contribution in [-0.2, 0) is 4.79 Å². The van der Waals surface area contributed by atoms with Gasteiger partial charge in [-0.25, -0.2) is 0 Å². The zero-order valence-electron chi connectivity index (χ0n) is 14.6. The van der Waals surface area contributed by atoms with Gasteiger partial charge in [0.1, 0.15) is 5.52 Å². The maximum atomic E-state index is 12.2. The molecule has 0 saturated heterocycles. The van der Waals surface area contributed by atoms with Crippen LogP contribution < -0.4 is 10.6 Å². The van der Waals surface area contributed by atoms with Gasteiger partial charge >= 0.3 is 0 Å². The fourth-order valence-corrected chi connectivity index (χ4v) is 2.48. The number of nitrogens with zero attached hydrogens (tertiary/aromatic N) is 3. The van der Waals surface area contributed by atoms with Crippen LogP contribution in [0.3, 0.4) is 0 Å². The number of carbonyl (C=O) groups is 1. The van der Waals surface area contributed by atoms with Crippen LogP contribution in [0, 0.1) is 5.41 Å². The van der Waals surface area contributed by atoms with Gasteiger partial charge in [0.2, 0.25) is 5.91 Å². The molecule has 132 valence electrons. The van der Waals surface area contributed by atoms with Crippen molar-refractivity contribution in [2.24, 2.45) is 5.41 Å². The third-order valence-electron chi connectivity index (χ3n) is 3.97. The second-order valence-electron chi connectivity index (χ2n) is 7.04. The number of amides is 1. The number of fused-ring (bicyclic) bond motifs is 2. The van der Waals surface area contributed by atoms with E-state index < -0.39 is 5.41 Å². The third-order valence-corrected chi connectivity index (χ3v) is 3.97. The molecule has 26 heavy (non-hydrogen) atoms. The Morgan fingerprint density at radius 2 is 2.04 bits per heavy atom. The summed E-state index contributed by atoms with van der Waals surface area (Å²) in [6, 6.07) is 9.27. The molecule has 0 spiro atoms. The largest absolute Gasteiger partial charge is 0.354 e. The predicted molar refractivity (Wildman–Crippen MR) is 99.3 cm³/mol. The van der Waals surface area contributed by atoms with Crippen molar-refractivity contribution in [3.63, 3.8) is 0 Å². The van der Waals surface area contributed by atoms with Gasteiger partial charge in [0.05, 0.1) is 10.9 Å². The van der Waals surface area contributed by atoms with E-state index >= 15 is 0 Å². The second kappa shape index (κ2) is 5.83. The van der Waals surface area contributed by atoms with E-state index in [1.807, 2.05) is 45.0 Å². The first kappa shape index (κ1) is 16.1. The summed E-state index contributed by atoms with van der Waals surface area (Å²) in [5, 5.41) is 17.9. The van der Waals surface area contributed by atoms with Crippen LogP contribution in [0.25, 0.3) is 22.0 Å². The smallest absolute Gasteiger partial charge is 0.231 e. The molecule has 8 nitrogen and oxygen atoms in total. The normalized spacial score (nSPS) is 11.8. The quantitative estimate of drug-likeness (QED) is 0.518. The number of benzene rings is 1. The van der Waals surface area contributed by atoms with E-state index in [2.05, 4.69) is 31.0 Å². The van der Waals surface area contributed by atoms with Crippen LogP contribution in [0.1, 0.15) is 20.8 Å². The summed E-state index contributed by atoms with van der Waals surface area (Å²) in [5.41, 5.74) is 2.43. The molecule has 0 aliphatic rings. The molecule has 8 heteroatoms. The van der Waals surface area contributed by atoms with Crippen LogP contribution in [-0.4, -0.2) is 26.2 Å². The summed E-state index contributed by atoms with van der Waals surface area (Å²) < 4.78 is 5.36. The van der Waals surface area contributed by atoms with Crippen LogP contribution in [0.5, 0.6) is 0 Å². The van der Waals surface area contributed by atoms with Gasteiger partial charge < -0.3 is 15.2 Å². The first-order valence-electron chi connectivity index (χ1n) is 8.19. The molecule has 1 aromatic carbocycles. The molecular weight excluding hydrogens is 332 g/mol. The lowest BCUT2D eigenvalue weighted by Crippen LogP contribution is -2.27. The third kappa shape index (κ3) is 2.85. The summed E-state index contributed by atoms with van der Waals surface area (Å²) in [6.07, 6.45) is 1.72. The van der Waals surface area contributed by atoms with Crippen LogP contribution in [0.15, 0.2) is 41.1 Å². The molecule has 0 unspecified atom stereocenters. The van der Waals surface area contributed by atoms with E-state index in [4.69, 9.17) is 4.52 Å². The van der Waals surface area contributed by atoms with Gasteiger partial charge in [0, 0.05) is 23.4 Å². The summed E-state index contributed by atoms with van der Waals surface area (Å²) in [5.74, 6) is 0.919. The number of nitrogens with one attached hydrogen (secondary N) is 3. The molecule has 0 radical (unpaired) electrons. The second-order valence-corrected chi connectivity index (χ2v) is 7.04.